The summed E-state index contributed by atoms with van der Waals surface area (Å²) in [5.74, 6) is -8.27. The molecule has 2 aromatic heterocycles. The molecule has 16 nitrogen and oxygen atoms in total. The Morgan fingerprint density at radius 1 is 0.632 bits per heavy atom. The molecule has 3 aliphatic heterocycles. The standard InChI is InChI=1S/C40H46N4O12.Fe/c1-19-21(5-9-33(45)46)27-14-28-22(6-10-34(47)48)20(2)26(42-28)15-31-40(4,18-38(55)56)24(8-12-36(51)52)30(44-31)16-32-39(3,17-37(53)54)23(7-11-35(49)50)29(43-32)13-25(19)41-27;/h13-16,23-24H,5-12,17-18H2,1-4H3,(H8,41,42,43,44,45,46,47,48,49,50,51,52,53,54,55,56);/p-2/t23-,24-,39+,40+;/m1./s1. The van der Waals surface area contributed by atoms with Crippen LogP contribution in [0.5, 0.6) is 0 Å². The smallest absolute Gasteiger partial charge is 0.304 e. The van der Waals surface area contributed by atoms with Gasteiger partial charge in [-0.3, -0.25) is 33.8 Å². The molecule has 0 fully saturated rings. The van der Waals surface area contributed by atoms with Gasteiger partial charge in [-0.2, -0.15) is 11.4 Å². The molecule has 0 saturated carbocycles. The van der Waals surface area contributed by atoms with E-state index in [9.17, 15) is 59.4 Å². The van der Waals surface area contributed by atoms with Crippen LogP contribution in [0.1, 0.15) is 136 Å². The minimum atomic E-state index is -1.31. The fourth-order valence-electron chi connectivity index (χ4n) is 8.29. The van der Waals surface area contributed by atoms with Crippen LogP contribution < -0.4 is 9.97 Å². The summed E-state index contributed by atoms with van der Waals surface area (Å²) in [4.78, 5) is 91.8. The van der Waals surface area contributed by atoms with Gasteiger partial charge in [0.15, 0.2) is 0 Å². The van der Waals surface area contributed by atoms with Crippen LogP contribution >= 0.6 is 0 Å². The fourth-order valence-corrected chi connectivity index (χ4v) is 8.29. The molecule has 3 aliphatic rings. The molecular formula is C40H44FeN4O12-2. The van der Waals surface area contributed by atoms with Gasteiger partial charge in [-0.1, -0.05) is 49.2 Å². The molecular weight excluding hydrogens is 784 g/mol. The zero-order valence-electron chi connectivity index (χ0n) is 31.8. The molecule has 5 rings (SSSR count). The van der Waals surface area contributed by atoms with Crippen LogP contribution in [0.4, 0.5) is 0 Å². The molecule has 306 valence electrons. The van der Waals surface area contributed by atoms with E-state index in [-0.39, 0.29) is 85.5 Å². The van der Waals surface area contributed by atoms with Crippen molar-refractivity contribution in [1.29, 1.82) is 0 Å². The van der Waals surface area contributed by atoms with Crippen molar-refractivity contribution in [2.24, 2.45) is 0 Å². The third-order valence-electron chi connectivity index (χ3n) is 11.3. The summed E-state index contributed by atoms with van der Waals surface area (Å²) in [5, 5.41) is 59.0. The van der Waals surface area contributed by atoms with Gasteiger partial charge in [0, 0.05) is 65.5 Å². The number of aromatic nitrogens is 4. The summed E-state index contributed by atoms with van der Waals surface area (Å²) < 4.78 is 0. The Hall–Kier alpha value is -5.54. The zero-order chi connectivity index (χ0) is 41.3. The van der Waals surface area contributed by atoms with Crippen molar-refractivity contribution in [3.05, 3.63) is 69.6 Å². The second kappa shape index (κ2) is 17.3. The second-order valence-corrected chi connectivity index (χ2v) is 15.1. The largest absolute Gasteiger partial charge is 0.664 e. The summed E-state index contributed by atoms with van der Waals surface area (Å²) in [7, 11) is 0. The maximum Gasteiger partial charge on any atom is 0.304 e. The summed E-state index contributed by atoms with van der Waals surface area (Å²) in [6, 6.07) is 6.45. The Bertz CT molecular complexity index is 2240. The minimum Gasteiger partial charge on any atom is -0.664 e. The van der Waals surface area contributed by atoms with Crippen molar-refractivity contribution in [1.82, 2.24) is 19.9 Å². The van der Waals surface area contributed by atoms with Crippen LogP contribution in [0.15, 0.2) is 24.3 Å². The molecule has 0 radical (unpaired) electrons. The molecule has 0 unspecified atom stereocenters. The van der Waals surface area contributed by atoms with E-state index in [2.05, 4.69) is 0 Å². The number of rotatable bonds is 16. The first-order chi connectivity index (χ1) is 26.2. The molecule has 2 aromatic rings. The molecule has 0 aliphatic carbocycles. The first kappa shape index (κ1) is 44.2. The quantitative estimate of drug-likeness (QED) is 0.119. The normalized spacial score (nSPS) is 20.7. The second-order valence-electron chi connectivity index (χ2n) is 15.1. The Morgan fingerprint density at radius 2 is 1.19 bits per heavy atom. The van der Waals surface area contributed by atoms with Gasteiger partial charge < -0.3 is 40.6 Å². The number of carbonyl (C=O) groups is 6. The summed E-state index contributed by atoms with van der Waals surface area (Å²) in [6.07, 6.45) is -1.98. The van der Waals surface area contributed by atoms with Crippen molar-refractivity contribution >= 4 is 58.0 Å². The Morgan fingerprint density at radius 3 is 1.77 bits per heavy atom. The molecule has 4 atom stereocenters. The number of allylic oxidation sites excluding steroid dienone is 2. The molecule has 5 heterocycles. The number of carboxylic acid groups (broad SMARTS) is 6. The first-order valence-corrected chi connectivity index (χ1v) is 18.2. The van der Waals surface area contributed by atoms with Crippen molar-refractivity contribution in [2.45, 2.75) is 115 Å². The van der Waals surface area contributed by atoms with Crippen LogP contribution in [0.2, 0.25) is 0 Å². The average Bonchev–Trinajstić information content (AvgIpc) is 3.70. The van der Waals surface area contributed by atoms with E-state index in [1.54, 1.807) is 52.0 Å². The molecule has 0 amide bonds. The Labute approximate surface area is 337 Å². The minimum absolute atomic E-state index is 0. The maximum atomic E-state index is 12.5. The monoisotopic (exact) mass is 828 g/mol. The van der Waals surface area contributed by atoms with Crippen molar-refractivity contribution in [2.75, 3.05) is 0 Å². The van der Waals surface area contributed by atoms with Crippen LogP contribution in [-0.2, 0) is 63.1 Å². The van der Waals surface area contributed by atoms with Gasteiger partial charge in [0.05, 0.1) is 24.2 Å². The van der Waals surface area contributed by atoms with E-state index in [0.717, 1.165) is 0 Å². The molecule has 0 aromatic carbocycles. The molecule has 8 bridgehead atoms. The number of fused-ring (bicyclic) bond motifs is 8. The SMILES string of the molecule is CC1=C(CCC(=O)O)c2cc3[n-]c(cc4nc(cc5[n-]c(cc1n2)[C@@H](CCC(=O)O)[C@]5(C)CC(=O)O)[C@@H](CCC(=O)O)[C@]4(C)CC(=O)O)c(C)c3CCC(=O)O.[Fe]. The van der Waals surface area contributed by atoms with E-state index in [1.807, 2.05) is 0 Å². The number of aryl methyl sites for hydroxylation is 2. The third-order valence-corrected chi connectivity index (χ3v) is 11.3. The maximum absolute atomic E-state index is 12.5. The number of aliphatic carboxylic acids is 6. The van der Waals surface area contributed by atoms with Crippen molar-refractivity contribution < 1.29 is 76.5 Å². The number of carboxylic acids is 6. The van der Waals surface area contributed by atoms with Crippen LogP contribution in [-0.4, -0.2) is 76.4 Å². The van der Waals surface area contributed by atoms with E-state index in [1.165, 1.54) is 0 Å². The van der Waals surface area contributed by atoms with Gasteiger partial charge in [-0.05, 0) is 62.0 Å². The molecule has 17 heteroatoms. The van der Waals surface area contributed by atoms with Gasteiger partial charge in [0.25, 0.3) is 0 Å². The van der Waals surface area contributed by atoms with E-state index in [0.29, 0.717) is 50.4 Å². The number of hydrogen-bond acceptors (Lipinski definition) is 8. The van der Waals surface area contributed by atoms with Crippen LogP contribution in [0, 0.1) is 6.92 Å². The molecule has 0 spiro atoms. The van der Waals surface area contributed by atoms with Crippen molar-refractivity contribution in [3.63, 3.8) is 0 Å². The van der Waals surface area contributed by atoms with Crippen LogP contribution in [0.3, 0.4) is 0 Å². The van der Waals surface area contributed by atoms with E-state index in [4.69, 9.17) is 19.9 Å². The fraction of sp³-hybridized carbons (Fsp3) is 0.450. The summed E-state index contributed by atoms with van der Waals surface area (Å²) >= 11 is 0. The van der Waals surface area contributed by atoms with Gasteiger partial charge in [-0.25, -0.2) is 4.98 Å². The molecule has 6 N–H and O–H groups in total. The van der Waals surface area contributed by atoms with Gasteiger partial charge >= 0.3 is 35.8 Å². The summed E-state index contributed by atoms with van der Waals surface area (Å²) in [6.45, 7) is 6.82. The predicted octanol–water partition coefficient (Wildman–Crippen LogP) is 5.18. The Balaban J connectivity index is 0.00000720. The van der Waals surface area contributed by atoms with Gasteiger partial charge in [0.2, 0.25) is 0 Å². The molecule has 0 saturated heterocycles. The average molecular weight is 829 g/mol. The van der Waals surface area contributed by atoms with E-state index >= 15 is 0 Å². The summed E-state index contributed by atoms with van der Waals surface area (Å²) in [5.41, 5.74) is 2.30. The van der Waals surface area contributed by atoms with Gasteiger partial charge in [0.1, 0.15) is 0 Å². The van der Waals surface area contributed by atoms with Crippen LogP contribution in [0.25, 0.3) is 22.2 Å². The zero-order valence-corrected chi connectivity index (χ0v) is 32.9. The predicted molar refractivity (Wildman–Crippen MR) is 199 cm³/mol. The topological polar surface area (TPSA) is 278 Å². The molecule has 57 heavy (non-hydrogen) atoms. The van der Waals surface area contributed by atoms with Crippen molar-refractivity contribution in [3.8, 4) is 0 Å². The Kier molecular flexibility index (Phi) is 13.4. The number of hydrogen-bond donors (Lipinski definition) is 6. The number of nitrogens with zero attached hydrogens (tertiary/aromatic N) is 4. The van der Waals surface area contributed by atoms with Gasteiger partial charge in [-0.15, -0.1) is 11.0 Å². The van der Waals surface area contributed by atoms with E-state index < -0.39 is 71.3 Å². The first-order valence-electron chi connectivity index (χ1n) is 18.2. The third kappa shape index (κ3) is 9.37.